The van der Waals surface area contributed by atoms with Crippen molar-refractivity contribution in [1.29, 1.82) is 0 Å². The Balaban J connectivity index is 1.98. The molecule has 0 atom stereocenters. The van der Waals surface area contributed by atoms with Crippen LogP contribution < -0.4 is 5.32 Å². The molecule has 1 heterocycles. The highest BCUT2D eigenvalue weighted by Gasteiger charge is 2.19. The van der Waals surface area contributed by atoms with E-state index in [0.29, 0.717) is 11.6 Å². The predicted octanol–water partition coefficient (Wildman–Crippen LogP) is 3.07. The van der Waals surface area contributed by atoms with E-state index in [4.69, 9.17) is 4.74 Å². The Bertz CT molecular complexity index is 480. The molecule has 0 saturated carbocycles. The maximum absolute atomic E-state index is 11.6. The second-order valence-electron chi connectivity index (χ2n) is 5.78. The zero-order valence-electron chi connectivity index (χ0n) is 13.3. The number of benzene rings is 1. The van der Waals surface area contributed by atoms with E-state index in [2.05, 4.69) is 24.1 Å². The fourth-order valence-corrected chi connectivity index (χ4v) is 2.86. The van der Waals surface area contributed by atoms with E-state index in [1.54, 1.807) is 0 Å². The van der Waals surface area contributed by atoms with Gasteiger partial charge in [0.1, 0.15) is 0 Å². The molecule has 4 heteroatoms. The first-order chi connectivity index (χ1) is 10.1. The second-order valence-corrected chi connectivity index (χ2v) is 5.78. The fraction of sp³-hybridized carbons (Fsp3) is 0.588. The molecule has 1 saturated heterocycles. The lowest BCUT2D eigenvalue weighted by atomic mass is 10.0. The van der Waals surface area contributed by atoms with Crippen molar-refractivity contribution in [3.8, 4) is 0 Å². The normalized spacial score (nSPS) is 16.7. The van der Waals surface area contributed by atoms with Crippen LogP contribution in [0.15, 0.2) is 18.2 Å². The third kappa shape index (κ3) is 4.21. The number of carbonyl (C=O) groups excluding carboxylic acids is 1. The van der Waals surface area contributed by atoms with E-state index in [0.717, 1.165) is 31.6 Å². The number of nitrogens with one attached hydrogen (secondary N) is 1. The van der Waals surface area contributed by atoms with Crippen molar-refractivity contribution in [2.75, 3.05) is 32.1 Å². The van der Waals surface area contributed by atoms with Crippen LogP contribution in [0, 0.1) is 6.92 Å². The zero-order valence-corrected chi connectivity index (χ0v) is 13.3. The smallest absolute Gasteiger partial charge is 0.337 e. The third-order valence-corrected chi connectivity index (χ3v) is 4.15. The largest absolute Gasteiger partial charge is 0.465 e. The molecule has 2 rings (SSSR count). The van der Waals surface area contributed by atoms with Crippen LogP contribution in [0.5, 0.6) is 0 Å². The molecule has 1 aliphatic heterocycles. The molecule has 1 N–H and O–H groups in total. The van der Waals surface area contributed by atoms with E-state index < -0.39 is 0 Å². The number of carbonyl (C=O) groups is 1. The lowest BCUT2D eigenvalue weighted by Gasteiger charge is -2.33. The average molecular weight is 290 g/mol. The number of rotatable bonds is 5. The van der Waals surface area contributed by atoms with Gasteiger partial charge in [-0.2, -0.15) is 0 Å². The van der Waals surface area contributed by atoms with Crippen molar-refractivity contribution >= 4 is 11.7 Å². The molecule has 116 valence electrons. The first-order valence-electron chi connectivity index (χ1n) is 7.82. The first kappa shape index (κ1) is 15.8. The standard InChI is InChI=1S/C17H26N2O2/c1-4-9-19-10-7-15(8-11-19)18-16-12-14(17(20)21-3)6-5-13(16)2/h5-6,12,15,18H,4,7-11H2,1-3H3. The van der Waals surface area contributed by atoms with Crippen LogP contribution in [-0.2, 0) is 4.74 Å². The van der Waals surface area contributed by atoms with Gasteiger partial charge in [0, 0.05) is 24.8 Å². The molecule has 1 fully saturated rings. The van der Waals surface area contributed by atoms with E-state index in [-0.39, 0.29) is 5.97 Å². The minimum Gasteiger partial charge on any atom is -0.465 e. The maximum Gasteiger partial charge on any atom is 0.337 e. The summed E-state index contributed by atoms with van der Waals surface area (Å²) in [5.74, 6) is -0.282. The van der Waals surface area contributed by atoms with Crippen molar-refractivity contribution in [2.24, 2.45) is 0 Å². The first-order valence-corrected chi connectivity index (χ1v) is 7.82. The van der Waals surface area contributed by atoms with E-state index in [9.17, 15) is 4.79 Å². The van der Waals surface area contributed by atoms with Gasteiger partial charge in [-0.25, -0.2) is 4.79 Å². The van der Waals surface area contributed by atoms with Gasteiger partial charge in [-0.3, -0.25) is 0 Å². The van der Waals surface area contributed by atoms with Crippen LogP contribution in [0.3, 0.4) is 0 Å². The molecular weight excluding hydrogens is 264 g/mol. The van der Waals surface area contributed by atoms with Crippen LogP contribution in [0.2, 0.25) is 0 Å². The minimum atomic E-state index is -0.282. The number of ether oxygens (including phenoxy) is 1. The van der Waals surface area contributed by atoms with Gasteiger partial charge in [0.15, 0.2) is 0 Å². The van der Waals surface area contributed by atoms with Gasteiger partial charge in [-0.1, -0.05) is 13.0 Å². The summed E-state index contributed by atoms with van der Waals surface area (Å²) in [6.45, 7) is 7.80. The Kier molecular flexibility index (Phi) is 5.62. The number of piperidine rings is 1. The molecular formula is C17H26N2O2. The molecule has 0 unspecified atom stereocenters. The molecule has 0 radical (unpaired) electrons. The van der Waals surface area contributed by atoms with Gasteiger partial charge in [0.2, 0.25) is 0 Å². The predicted molar refractivity (Wildman–Crippen MR) is 85.9 cm³/mol. The van der Waals surface area contributed by atoms with Gasteiger partial charge in [-0.15, -0.1) is 0 Å². The van der Waals surface area contributed by atoms with Crippen LogP contribution in [0.4, 0.5) is 5.69 Å². The minimum absolute atomic E-state index is 0.282. The lowest BCUT2D eigenvalue weighted by molar-refractivity contribution is 0.0601. The van der Waals surface area contributed by atoms with Gasteiger partial charge in [0.25, 0.3) is 0 Å². The Morgan fingerprint density at radius 3 is 2.71 bits per heavy atom. The van der Waals surface area contributed by atoms with Crippen molar-refractivity contribution in [3.05, 3.63) is 29.3 Å². The van der Waals surface area contributed by atoms with Crippen molar-refractivity contribution < 1.29 is 9.53 Å². The molecule has 0 aromatic heterocycles. The Labute approximate surface area is 127 Å². The van der Waals surface area contributed by atoms with Crippen molar-refractivity contribution in [1.82, 2.24) is 4.90 Å². The molecule has 0 amide bonds. The number of methoxy groups -OCH3 is 1. The van der Waals surface area contributed by atoms with Gasteiger partial charge in [-0.05, 0) is 50.4 Å². The Hall–Kier alpha value is -1.55. The molecule has 0 spiro atoms. The summed E-state index contributed by atoms with van der Waals surface area (Å²) in [5.41, 5.74) is 2.82. The van der Waals surface area contributed by atoms with E-state index in [1.165, 1.54) is 25.6 Å². The number of aryl methyl sites for hydroxylation is 1. The number of nitrogens with zero attached hydrogens (tertiary/aromatic N) is 1. The maximum atomic E-state index is 11.6. The van der Waals surface area contributed by atoms with Crippen LogP contribution in [-0.4, -0.2) is 43.7 Å². The van der Waals surface area contributed by atoms with Gasteiger partial charge >= 0.3 is 5.97 Å². The fourth-order valence-electron chi connectivity index (χ4n) is 2.86. The second kappa shape index (κ2) is 7.46. The third-order valence-electron chi connectivity index (χ3n) is 4.15. The monoisotopic (exact) mass is 290 g/mol. The quantitative estimate of drug-likeness (QED) is 0.846. The van der Waals surface area contributed by atoms with E-state index in [1.807, 2.05) is 18.2 Å². The van der Waals surface area contributed by atoms with Crippen LogP contribution in [0.25, 0.3) is 0 Å². The summed E-state index contributed by atoms with van der Waals surface area (Å²) in [6.07, 6.45) is 3.53. The Morgan fingerprint density at radius 2 is 2.10 bits per heavy atom. The topological polar surface area (TPSA) is 41.6 Å². The highest BCUT2D eigenvalue weighted by molar-refractivity contribution is 5.90. The number of hydrogen-bond acceptors (Lipinski definition) is 4. The number of esters is 1. The molecule has 0 bridgehead atoms. The number of likely N-dealkylation sites (tertiary alicyclic amines) is 1. The highest BCUT2D eigenvalue weighted by Crippen LogP contribution is 2.22. The molecule has 0 aliphatic carbocycles. The SMILES string of the molecule is CCCN1CCC(Nc2cc(C(=O)OC)ccc2C)CC1. The van der Waals surface area contributed by atoms with Crippen LogP contribution in [0.1, 0.15) is 42.1 Å². The van der Waals surface area contributed by atoms with Crippen LogP contribution >= 0.6 is 0 Å². The Morgan fingerprint density at radius 1 is 1.38 bits per heavy atom. The van der Waals surface area contributed by atoms with Crippen molar-refractivity contribution in [3.63, 3.8) is 0 Å². The summed E-state index contributed by atoms with van der Waals surface area (Å²) in [6, 6.07) is 6.18. The molecule has 1 aliphatic rings. The summed E-state index contributed by atoms with van der Waals surface area (Å²) in [7, 11) is 1.42. The van der Waals surface area contributed by atoms with Crippen molar-refractivity contribution in [2.45, 2.75) is 39.2 Å². The summed E-state index contributed by atoms with van der Waals surface area (Å²) in [5, 5.41) is 3.60. The number of hydrogen-bond donors (Lipinski definition) is 1. The molecule has 21 heavy (non-hydrogen) atoms. The summed E-state index contributed by atoms with van der Waals surface area (Å²) < 4.78 is 4.79. The molecule has 1 aromatic carbocycles. The summed E-state index contributed by atoms with van der Waals surface area (Å²) in [4.78, 5) is 14.2. The average Bonchev–Trinajstić information content (AvgIpc) is 2.51. The highest BCUT2D eigenvalue weighted by atomic mass is 16.5. The zero-order chi connectivity index (χ0) is 15.2. The number of anilines is 1. The van der Waals surface area contributed by atoms with Gasteiger partial charge < -0.3 is 15.0 Å². The molecule has 4 nitrogen and oxygen atoms in total. The summed E-state index contributed by atoms with van der Waals surface area (Å²) >= 11 is 0. The van der Waals surface area contributed by atoms with Gasteiger partial charge in [0.05, 0.1) is 12.7 Å². The molecule has 1 aromatic rings. The van der Waals surface area contributed by atoms with E-state index >= 15 is 0 Å². The lowest BCUT2D eigenvalue weighted by Crippen LogP contribution is -2.39.